The van der Waals surface area contributed by atoms with Crippen molar-refractivity contribution in [2.45, 2.75) is 70.6 Å². The van der Waals surface area contributed by atoms with Crippen LogP contribution in [0.25, 0.3) is 0 Å². The van der Waals surface area contributed by atoms with Crippen LogP contribution in [0.1, 0.15) is 69.7 Å². The molecule has 0 bridgehead atoms. The van der Waals surface area contributed by atoms with Crippen LogP contribution in [0.15, 0.2) is 72.8 Å². The summed E-state index contributed by atoms with van der Waals surface area (Å²) in [4.78, 5) is 45.7. The van der Waals surface area contributed by atoms with Crippen molar-refractivity contribution in [1.82, 2.24) is 10.2 Å². The van der Waals surface area contributed by atoms with E-state index in [9.17, 15) is 14.4 Å². The van der Waals surface area contributed by atoms with E-state index >= 15 is 0 Å². The predicted molar refractivity (Wildman–Crippen MR) is 196 cm³/mol. The van der Waals surface area contributed by atoms with Gasteiger partial charge in [-0.25, -0.2) is 4.79 Å². The fourth-order valence-electron chi connectivity index (χ4n) is 7.51. The molecule has 3 aromatic carbocycles. The Bertz CT molecular complexity index is 1630. The first-order chi connectivity index (χ1) is 24.0. The number of hydrogen-bond acceptors (Lipinski definition) is 8. The molecule has 0 aromatic heterocycles. The second-order valence-corrected chi connectivity index (χ2v) is 14.5. The fourth-order valence-corrected chi connectivity index (χ4v) is 7.51. The first-order valence-electron chi connectivity index (χ1n) is 17.7. The van der Waals surface area contributed by atoms with Crippen LogP contribution in [0, 0.1) is 5.41 Å². The molecule has 6 rings (SSSR count). The molecule has 11 nitrogen and oxygen atoms in total. The number of anilines is 4. The fraction of sp³-hybridized carbons (Fsp3) is 0.462. The number of carbonyl (C=O) groups is 3. The zero-order valence-corrected chi connectivity index (χ0v) is 29.6. The molecule has 4 atom stereocenters. The molecule has 3 fully saturated rings. The van der Waals surface area contributed by atoms with E-state index in [-0.39, 0.29) is 23.9 Å². The molecule has 11 heteroatoms. The molecule has 3 aliphatic heterocycles. The summed E-state index contributed by atoms with van der Waals surface area (Å²) < 4.78 is 10.3. The Morgan fingerprint density at radius 2 is 1.40 bits per heavy atom. The molecule has 0 aliphatic carbocycles. The molecular formula is C39H50N6O5. The number of benzene rings is 3. The monoisotopic (exact) mass is 682 g/mol. The van der Waals surface area contributed by atoms with Gasteiger partial charge in [-0.15, -0.1) is 0 Å². The number of methoxy groups -OCH3 is 1. The molecule has 0 saturated carbocycles. The summed E-state index contributed by atoms with van der Waals surface area (Å²) in [5, 5.41) is 5.73. The van der Waals surface area contributed by atoms with Gasteiger partial charge in [-0.2, -0.15) is 0 Å². The van der Waals surface area contributed by atoms with Gasteiger partial charge in [0.15, 0.2) is 0 Å². The van der Waals surface area contributed by atoms with Gasteiger partial charge in [-0.05, 0) is 90.8 Å². The Morgan fingerprint density at radius 3 is 1.98 bits per heavy atom. The number of nitrogens with zero attached hydrogens (tertiary/aromatic N) is 3. The molecule has 3 aromatic rings. The summed E-state index contributed by atoms with van der Waals surface area (Å²) in [5.74, 6) is -0.522. The molecule has 0 radical (unpaired) electrons. The number of alkyl carbamates (subject to hydrolysis) is 1. The van der Waals surface area contributed by atoms with E-state index in [0.717, 1.165) is 56.1 Å². The Labute approximate surface area is 295 Å². The Balaban J connectivity index is 1.18. The summed E-state index contributed by atoms with van der Waals surface area (Å²) in [5.41, 5.74) is 11.6. The molecule has 0 spiro atoms. The van der Waals surface area contributed by atoms with Crippen LogP contribution in [-0.2, 0) is 19.1 Å². The number of hydrogen-bond donors (Lipinski definition) is 3. The maximum Gasteiger partial charge on any atom is 0.407 e. The van der Waals surface area contributed by atoms with E-state index in [4.69, 9.17) is 15.2 Å². The van der Waals surface area contributed by atoms with Crippen molar-refractivity contribution >= 4 is 40.7 Å². The number of amides is 3. The highest BCUT2D eigenvalue weighted by Gasteiger charge is 2.42. The van der Waals surface area contributed by atoms with E-state index in [2.05, 4.69) is 69.0 Å². The second kappa shape index (κ2) is 15.0. The molecule has 3 amide bonds. The van der Waals surface area contributed by atoms with Gasteiger partial charge in [-0.1, -0.05) is 45.0 Å². The van der Waals surface area contributed by atoms with Gasteiger partial charge in [-0.3, -0.25) is 9.59 Å². The van der Waals surface area contributed by atoms with Crippen molar-refractivity contribution in [3.63, 3.8) is 0 Å². The lowest BCUT2D eigenvalue weighted by atomic mass is 9.85. The second-order valence-electron chi connectivity index (χ2n) is 14.5. The Morgan fingerprint density at radius 1 is 0.820 bits per heavy atom. The largest absolute Gasteiger partial charge is 0.453 e. The summed E-state index contributed by atoms with van der Waals surface area (Å²) in [6.07, 6.45) is 2.55. The molecule has 266 valence electrons. The van der Waals surface area contributed by atoms with Gasteiger partial charge in [0.1, 0.15) is 12.1 Å². The third-order valence-electron chi connectivity index (χ3n) is 10.2. The minimum atomic E-state index is -0.829. The number of rotatable bonds is 8. The first kappa shape index (κ1) is 35.1. The van der Waals surface area contributed by atoms with Crippen molar-refractivity contribution in [1.29, 1.82) is 0 Å². The lowest BCUT2D eigenvalue weighted by Gasteiger charge is -2.35. The van der Waals surface area contributed by atoms with E-state index in [1.54, 1.807) is 4.90 Å². The molecule has 0 unspecified atom stereocenters. The van der Waals surface area contributed by atoms with Gasteiger partial charge in [0.05, 0.1) is 32.4 Å². The lowest BCUT2D eigenvalue weighted by Crippen LogP contribution is -2.57. The number of likely N-dealkylation sites (tertiary alicyclic amines) is 1. The molecule has 3 heterocycles. The summed E-state index contributed by atoms with van der Waals surface area (Å²) >= 11 is 0. The summed E-state index contributed by atoms with van der Waals surface area (Å²) in [6, 6.07) is 24.0. The molecule has 50 heavy (non-hydrogen) atoms. The maximum atomic E-state index is 13.7. The average Bonchev–Trinajstić information content (AvgIpc) is 3.80. The maximum absolute atomic E-state index is 13.7. The van der Waals surface area contributed by atoms with Crippen LogP contribution in [0.5, 0.6) is 0 Å². The van der Waals surface area contributed by atoms with Gasteiger partial charge in [0.2, 0.25) is 11.8 Å². The molecule has 3 saturated heterocycles. The summed E-state index contributed by atoms with van der Waals surface area (Å²) in [6.45, 7) is 9.35. The number of carbonyl (C=O) groups excluding carboxylic acids is 3. The van der Waals surface area contributed by atoms with Gasteiger partial charge >= 0.3 is 6.09 Å². The molecule has 4 N–H and O–H groups in total. The standard InChI is InChI=1S/C39H50N6O5/c1-39(2,3)35(42-38(48)49-4)37(47)44-21-5-6-34(44)36(46)41-29-13-9-27(10-14-29)33-20-19-32(26-7-11-28(40)12-8-26)45(33)31-17-15-30(16-18-31)43-22-24-50-25-23-43/h7-18,32-35H,5-6,19-25,40H2,1-4H3,(H,41,46)(H,42,48)/t32-,33-,34+,35-/m1/s1. The van der Waals surface area contributed by atoms with Crippen LogP contribution in [0.4, 0.5) is 27.5 Å². The summed E-state index contributed by atoms with van der Waals surface area (Å²) in [7, 11) is 1.27. The Kier molecular flexibility index (Phi) is 10.5. The minimum Gasteiger partial charge on any atom is -0.453 e. The predicted octanol–water partition coefficient (Wildman–Crippen LogP) is 5.89. The van der Waals surface area contributed by atoms with Crippen molar-refractivity contribution in [2.24, 2.45) is 5.41 Å². The van der Waals surface area contributed by atoms with E-state index in [1.165, 1.54) is 18.4 Å². The third-order valence-corrected chi connectivity index (χ3v) is 10.2. The average molecular weight is 683 g/mol. The van der Waals surface area contributed by atoms with E-state index in [0.29, 0.717) is 25.1 Å². The smallest absolute Gasteiger partial charge is 0.407 e. The van der Waals surface area contributed by atoms with Crippen LogP contribution in [-0.4, -0.2) is 74.8 Å². The number of nitrogens with one attached hydrogen (secondary N) is 2. The highest BCUT2D eigenvalue weighted by Crippen LogP contribution is 2.47. The number of nitrogens with two attached hydrogens (primary N) is 1. The van der Waals surface area contributed by atoms with Crippen molar-refractivity contribution in [3.05, 3.63) is 83.9 Å². The van der Waals surface area contributed by atoms with Gasteiger partial charge in [0, 0.05) is 42.4 Å². The van der Waals surface area contributed by atoms with Crippen molar-refractivity contribution in [3.8, 4) is 0 Å². The highest BCUT2D eigenvalue weighted by molar-refractivity contribution is 5.98. The minimum absolute atomic E-state index is 0.135. The van der Waals surface area contributed by atoms with Crippen LogP contribution in [0.3, 0.4) is 0 Å². The van der Waals surface area contributed by atoms with Gasteiger partial charge in [0.25, 0.3) is 0 Å². The first-order valence-corrected chi connectivity index (χ1v) is 17.7. The van der Waals surface area contributed by atoms with Crippen LogP contribution >= 0.6 is 0 Å². The Hall–Kier alpha value is -4.77. The zero-order valence-electron chi connectivity index (χ0n) is 29.6. The highest BCUT2D eigenvalue weighted by atomic mass is 16.5. The van der Waals surface area contributed by atoms with E-state index < -0.39 is 23.6 Å². The third kappa shape index (κ3) is 7.67. The molecule has 3 aliphatic rings. The van der Waals surface area contributed by atoms with Crippen LogP contribution < -0.4 is 26.2 Å². The van der Waals surface area contributed by atoms with Crippen molar-refractivity contribution in [2.75, 3.05) is 60.8 Å². The van der Waals surface area contributed by atoms with Crippen molar-refractivity contribution < 1.29 is 23.9 Å². The normalized spacial score (nSPS) is 21.5. The van der Waals surface area contributed by atoms with E-state index in [1.807, 2.05) is 45.0 Å². The quantitative estimate of drug-likeness (QED) is 0.251. The number of ether oxygens (including phenoxy) is 2. The lowest BCUT2D eigenvalue weighted by molar-refractivity contribution is -0.140. The molecular weight excluding hydrogens is 632 g/mol. The van der Waals surface area contributed by atoms with Gasteiger partial charge < -0.3 is 40.5 Å². The SMILES string of the molecule is COC(=O)N[C@H](C(=O)N1CCC[C@H]1C(=O)Nc1ccc([C@H]2CC[C@H](c3ccc(N)cc3)N2c2ccc(N3CCOCC3)cc2)cc1)C(C)(C)C. The number of morpholine rings is 1. The van der Waals surface area contributed by atoms with Crippen LogP contribution in [0.2, 0.25) is 0 Å². The zero-order chi connectivity index (χ0) is 35.4. The number of nitrogen functional groups attached to an aromatic ring is 1. The topological polar surface area (TPSA) is 129 Å².